The van der Waals surface area contributed by atoms with E-state index in [1.807, 2.05) is 12.1 Å². The average molecular weight is 267 g/mol. The Morgan fingerprint density at radius 1 is 0.850 bits per heavy atom. The first-order valence-corrected chi connectivity index (χ1v) is 7.18. The Kier molecular flexibility index (Phi) is 3.88. The fraction of sp³-hybridized carbons (Fsp3) is 0.294. The molecule has 1 aliphatic rings. The molecule has 0 unspecified atom stereocenters. The zero-order valence-corrected chi connectivity index (χ0v) is 11.7. The summed E-state index contributed by atoms with van der Waals surface area (Å²) in [6, 6.07) is 18.9. The van der Waals surface area contributed by atoms with E-state index in [-0.39, 0.29) is 0 Å². The number of nitrogen functional groups attached to an aromatic ring is 1. The molecule has 0 radical (unpaired) electrons. The molecular formula is C17H21N3. The maximum Gasteiger partial charge on any atom is 0.0387 e. The molecule has 0 aliphatic carbocycles. The van der Waals surface area contributed by atoms with Gasteiger partial charge in [-0.05, 0) is 23.8 Å². The van der Waals surface area contributed by atoms with Gasteiger partial charge in [0.25, 0.3) is 0 Å². The first kappa shape index (κ1) is 13.0. The highest BCUT2D eigenvalue weighted by atomic mass is 15.3. The molecule has 104 valence electrons. The summed E-state index contributed by atoms with van der Waals surface area (Å²) in [6.45, 7) is 5.38. The van der Waals surface area contributed by atoms with Crippen molar-refractivity contribution >= 4 is 11.4 Å². The van der Waals surface area contributed by atoms with E-state index in [1.54, 1.807) is 0 Å². The van der Waals surface area contributed by atoms with E-state index in [4.69, 9.17) is 5.73 Å². The SMILES string of the molecule is Nc1cccc(N2CCN(Cc3ccccc3)CC2)c1. The topological polar surface area (TPSA) is 32.5 Å². The fourth-order valence-corrected chi connectivity index (χ4v) is 2.73. The zero-order valence-electron chi connectivity index (χ0n) is 11.7. The van der Waals surface area contributed by atoms with E-state index < -0.39 is 0 Å². The van der Waals surface area contributed by atoms with Gasteiger partial charge in [0, 0.05) is 44.1 Å². The molecule has 0 bridgehead atoms. The van der Waals surface area contributed by atoms with Crippen LogP contribution in [-0.2, 0) is 6.54 Å². The second-order valence-corrected chi connectivity index (χ2v) is 5.34. The molecule has 0 atom stereocenters. The summed E-state index contributed by atoms with van der Waals surface area (Å²) in [5.74, 6) is 0. The van der Waals surface area contributed by atoms with E-state index in [1.165, 1.54) is 11.3 Å². The molecule has 3 rings (SSSR count). The molecule has 1 fully saturated rings. The standard InChI is InChI=1S/C17H21N3/c18-16-7-4-8-17(13-16)20-11-9-19(10-12-20)14-15-5-2-1-3-6-15/h1-8,13H,9-12,14,18H2. The summed E-state index contributed by atoms with van der Waals surface area (Å²) in [7, 11) is 0. The molecule has 20 heavy (non-hydrogen) atoms. The molecule has 0 spiro atoms. The first-order chi connectivity index (χ1) is 9.81. The maximum absolute atomic E-state index is 5.86. The number of rotatable bonds is 3. The fourth-order valence-electron chi connectivity index (χ4n) is 2.73. The van der Waals surface area contributed by atoms with Crippen molar-refractivity contribution in [3.8, 4) is 0 Å². The quantitative estimate of drug-likeness (QED) is 0.868. The Morgan fingerprint density at radius 3 is 2.30 bits per heavy atom. The molecule has 2 aromatic rings. The lowest BCUT2D eigenvalue weighted by atomic mass is 10.2. The summed E-state index contributed by atoms with van der Waals surface area (Å²) < 4.78 is 0. The summed E-state index contributed by atoms with van der Waals surface area (Å²) >= 11 is 0. The molecule has 1 saturated heterocycles. The average Bonchev–Trinajstić information content (AvgIpc) is 2.49. The van der Waals surface area contributed by atoms with E-state index >= 15 is 0 Å². The van der Waals surface area contributed by atoms with Crippen LogP contribution in [-0.4, -0.2) is 31.1 Å². The van der Waals surface area contributed by atoms with Crippen molar-refractivity contribution in [2.75, 3.05) is 36.8 Å². The largest absolute Gasteiger partial charge is 0.399 e. The van der Waals surface area contributed by atoms with Gasteiger partial charge < -0.3 is 10.6 Å². The second kappa shape index (κ2) is 5.97. The molecule has 0 saturated carbocycles. The Labute approximate surface area is 120 Å². The lowest BCUT2D eigenvalue weighted by Crippen LogP contribution is -2.45. The van der Waals surface area contributed by atoms with Gasteiger partial charge in [-0.1, -0.05) is 36.4 Å². The van der Waals surface area contributed by atoms with Crippen LogP contribution < -0.4 is 10.6 Å². The normalized spacial score (nSPS) is 16.3. The molecule has 2 aromatic carbocycles. The minimum Gasteiger partial charge on any atom is -0.399 e. The third-order valence-corrected chi connectivity index (χ3v) is 3.86. The lowest BCUT2D eigenvalue weighted by molar-refractivity contribution is 0.250. The van der Waals surface area contributed by atoms with Crippen molar-refractivity contribution in [2.24, 2.45) is 0 Å². The number of hydrogen-bond donors (Lipinski definition) is 1. The molecule has 3 nitrogen and oxygen atoms in total. The third-order valence-electron chi connectivity index (χ3n) is 3.86. The van der Waals surface area contributed by atoms with Crippen LogP contribution in [0.15, 0.2) is 54.6 Å². The number of piperazine rings is 1. The van der Waals surface area contributed by atoms with Gasteiger partial charge in [-0.2, -0.15) is 0 Å². The van der Waals surface area contributed by atoms with Crippen LogP contribution in [0.2, 0.25) is 0 Å². The lowest BCUT2D eigenvalue weighted by Gasteiger charge is -2.36. The van der Waals surface area contributed by atoms with Crippen LogP contribution in [0.5, 0.6) is 0 Å². The Hall–Kier alpha value is -2.00. The van der Waals surface area contributed by atoms with Crippen molar-refractivity contribution in [2.45, 2.75) is 6.54 Å². The number of nitrogens with zero attached hydrogens (tertiary/aromatic N) is 2. The molecule has 0 amide bonds. The molecule has 1 aliphatic heterocycles. The maximum atomic E-state index is 5.86. The van der Waals surface area contributed by atoms with Crippen LogP contribution in [0.25, 0.3) is 0 Å². The van der Waals surface area contributed by atoms with Crippen molar-refractivity contribution < 1.29 is 0 Å². The van der Waals surface area contributed by atoms with Gasteiger partial charge in [-0.15, -0.1) is 0 Å². The van der Waals surface area contributed by atoms with Crippen molar-refractivity contribution in [1.29, 1.82) is 0 Å². The third kappa shape index (κ3) is 3.11. The Bertz CT molecular complexity index is 545. The van der Waals surface area contributed by atoms with Crippen LogP contribution in [0.4, 0.5) is 11.4 Å². The van der Waals surface area contributed by atoms with E-state index in [2.05, 4.69) is 52.3 Å². The number of hydrogen-bond acceptors (Lipinski definition) is 3. The van der Waals surface area contributed by atoms with Gasteiger partial charge in [0.15, 0.2) is 0 Å². The minimum absolute atomic E-state index is 0.842. The summed E-state index contributed by atoms with van der Waals surface area (Å²) in [5.41, 5.74) is 9.33. The molecule has 3 heteroatoms. The van der Waals surface area contributed by atoms with E-state index in [0.717, 1.165) is 38.4 Å². The van der Waals surface area contributed by atoms with Gasteiger partial charge in [0.1, 0.15) is 0 Å². The highest BCUT2D eigenvalue weighted by molar-refractivity contribution is 5.56. The van der Waals surface area contributed by atoms with Crippen molar-refractivity contribution in [3.63, 3.8) is 0 Å². The summed E-state index contributed by atoms with van der Waals surface area (Å²) in [5, 5.41) is 0. The first-order valence-electron chi connectivity index (χ1n) is 7.18. The molecule has 0 aromatic heterocycles. The van der Waals surface area contributed by atoms with Gasteiger partial charge in [0.2, 0.25) is 0 Å². The van der Waals surface area contributed by atoms with Gasteiger partial charge in [0.05, 0.1) is 0 Å². The molecule has 1 heterocycles. The monoisotopic (exact) mass is 267 g/mol. The van der Waals surface area contributed by atoms with Crippen molar-refractivity contribution in [3.05, 3.63) is 60.2 Å². The Balaban J connectivity index is 1.57. The smallest absolute Gasteiger partial charge is 0.0387 e. The summed E-state index contributed by atoms with van der Waals surface area (Å²) in [6.07, 6.45) is 0. The molecule has 2 N–H and O–H groups in total. The molecular weight excluding hydrogens is 246 g/mol. The van der Waals surface area contributed by atoms with Crippen LogP contribution in [0.3, 0.4) is 0 Å². The second-order valence-electron chi connectivity index (χ2n) is 5.34. The van der Waals surface area contributed by atoms with Crippen LogP contribution in [0.1, 0.15) is 5.56 Å². The zero-order chi connectivity index (χ0) is 13.8. The van der Waals surface area contributed by atoms with Crippen molar-refractivity contribution in [1.82, 2.24) is 4.90 Å². The number of nitrogens with two attached hydrogens (primary N) is 1. The summed E-state index contributed by atoms with van der Waals surface area (Å²) in [4.78, 5) is 4.93. The highest BCUT2D eigenvalue weighted by Crippen LogP contribution is 2.19. The van der Waals surface area contributed by atoms with E-state index in [0.29, 0.717) is 0 Å². The minimum atomic E-state index is 0.842. The van der Waals surface area contributed by atoms with Crippen LogP contribution in [0, 0.1) is 0 Å². The van der Waals surface area contributed by atoms with Crippen LogP contribution >= 0.6 is 0 Å². The Morgan fingerprint density at radius 2 is 1.60 bits per heavy atom. The highest BCUT2D eigenvalue weighted by Gasteiger charge is 2.17. The number of benzene rings is 2. The predicted molar refractivity (Wildman–Crippen MR) is 84.8 cm³/mol. The van der Waals surface area contributed by atoms with Gasteiger partial charge in [-0.25, -0.2) is 0 Å². The van der Waals surface area contributed by atoms with E-state index in [9.17, 15) is 0 Å². The van der Waals surface area contributed by atoms with Gasteiger partial charge >= 0.3 is 0 Å². The number of anilines is 2. The predicted octanol–water partition coefficient (Wildman–Crippen LogP) is 2.59. The van der Waals surface area contributed by atoms with Gasteiger partial charge in [-0.3, -0.25) is 4.90 Å².